The van der Waals surface area contributed by atoms with E-state index in [1.807, 2.05) is 25.7 Å². The van der Waals surface area contributed by atoms with Gasteiger partial charge in [0.15, 0.2) is 0 Å². The molecule has 0 aliphatic heterocycles. The summed E-state index contributed by atoms with van der Waals surface area (Å²) in [6.07, 6.45) is 13.2. The van der Waals surface area contributed by atoms with Crippen LogP contribution in [0, 0.1) is 11.8 Å². The molecule has 0 heterocycles. The van der Waals surface area contributed by atoms with Crippen LogP contribution in [0.2, 0.25) is 0 Å². The van der Waals surface area contributed by atoms with Crippen molar-refractivity contribution in [3.63, 3.8) is 0 Å². The van der Waals surface area contributed by atoms with Gasteiger partial charge in [0.05, 0.1) is 26.3 Å². The molecule has 2 fully saturated rings. The second-order valence-corrected chi connectivity index (χ2v) is 24.5. The maximum absolute atomic E-state index is 14.4. The number of unbranched alkanes of at least 4 members (excludes halogenated alkanes) is 1. The lowest BCUT2D eigenvalue weighted by molar-refractivity contribution is -0.169. The zero-order valence-electron chi connectivity index (χ0n) is 46.4. The molecule has 2 saturated carbocycles. The highest BCUT2D eigenvalue weighted by atomic mass is 16.6. The summed E-state index contributed by atoms with van der Waals surface area (Å²) < 4.78 is 42.5. The van der Waals surface area contributed by atoms with Crippen molar-refractivity contribution in [1.82, 2.24) is 14.7 Å². The monoisotopic (exact) mass is 982 g/mol. The molecule has 2 aliphatic carbocycles. The fourth-order valence-corrected chi connectivity index (χ4v) is 8.71. The minimum Gasteiger partial charge on any atom is -0.459 e. The number of ether oxygens (including phenoxy) is 7. The molecule has 0 bridgehead atoms. The highest BCUT2D eigenvalue weighted by molar-refractivity contribution is 5.79. The molecule has 15 nitrogen and oxygen atoms in total. The van der Waals surface area contributed by atoms with E-state index >= 15 is 0 Å². The molecule has 0 spiro atoms. The first-order valence-electron chi connectivity index (χ1n) is 26.3. The highest BCUT2D eigenvalue weighted by Crippen LogP contribution is 2.26. The number of hydrogen-bond donors (Lipinski definition) is 0. The largest absolute Gasteiger partial charge is 0.459 e. The predicted molar refractivity (Wildman–Crippen MR) is 270 cm³/mol. The van der Waals surface area contributed by atoms with E-state index in [2.05, 4.69) is 6.92 Å². The van der Waals surface area contributed by atoms with Crippen LogP contribution in [0.15, 0.2) is 0 Å². The summed E-state index contributed by atoms with van der Waals surface area (Å²) in [5.74, 6) is -1.78. The van der Waals surface area contributed by atoms with Gasteiger partial charge in [-0.3, -0.25) is 38.7 Å². The summed E-state index contributed by atoms with van der Waals surface area (Å²) in [5, 5.41) is 0. The van der Waals surface area contributed by atoms with Crippen molar-refractivity contribution in [3.8, 4) is 0 Å². The third kappa shape index (κ3) is 28.1. The molecule has 0 aromatic rings. The maximum Gasteiger partial charge on any atom is 0.326 e. The summed E-state index contributed by atoms with van der Waals surface area (Å²) in [7, 11) is 0. The number of hydrogen-bond acceptors (Lipinski definition) is 15. The van der Waals surface area contributed by atoms with Gasteiger partial charge in [-0.15, -0.1) is 0 Å². The Balaban J connectivity index is 2.73. The van der Waals surface area contributed by atoms with Gasteiger partial charge >= 0.3 is 29.8 Å². The van der Waals surface area contributed by atoms with Crippen molar-refractivity contribution in [1.29, 1.82) is 0 Å². The average Bonchev–Trinajstić information content (AvgIpc) is 3.18. The van der Waals surface area contributed by atoms with E-state index in [-0.39, 0.29) is 52.5 Å². The van der Waals surface area contributed by atoms with E-state index < -0.39 is 76.0 Å². The van der Waals surface area contributed by atoms with Crippen LogP contribution in [0.3, 0.4) is 0 Å². The maximum atomic E-state index is 14.4. The van der Waals surface area contributed by atoms with Gasteiger partial charge in [0, 0.05) is 39.4 Å². The smallest absolute Gasteiger partial charge is 0.326 e. The number of rotatable bonds is 27. The van der Waals surface area contributed by atoms with Gasteiger partial charge in [0.25, 0.3) is 0 Å². The second kappa shape index (κ2) is 29.0. The minimum absolute atomic E-state index is 0.0123. The van der Waals surface area contributed by atoms with Gasteiger partial charge in [0.2, 0.25) is 0 Å². The van der Waals surface area contributed by atoms with E-state index in [9.17, 15) is 24.0 Å². The Hall–Kier alpha value is -2.85. The van der Waals surface area contributed by atoms with Crippen LogP contribution in [0.1, 0.15) is 194 Å². The molecule has 0 saturated heterocycles. The lowest BCUT2D eigenvalue weighted by atomic mass is 9.90. The van der Waals surface area contributed by atoms with E-state index in [1.54, 1.807) is 92.9 Å². The molecule has 0 amide bonds. The van der Waals surface area contributed by atoms with Crippen LogP contribution in [0.25, 0.3) is 0 Å². The Labute approximate surface area is 418 Å². The Kier molecular flexibility index (Phi) is 26.2. The van der Waals surface area contributed by atoms with E-state index in [1.165, 1.54) is 12.8 Å². The molecule has 0 unspecified atom stereocenters. The molecule has 3 atom stereocenters. The van der Waals surface area contributed by atoms with Crippen molar-refractivity contribution < 1.29 is 57.1 Å². The zero-order valence-corrected chi connectivity index (χ0v) is 46.4. The third-order valence-corrected chi connectivity index (χ3v) is 11.8. The fourth-order valence-electron chi connectivity index (χ4n) is 8.71. The Morgan fingerprint density at radius 3 is 1.04 bits per heavy atom. The van der Waals surface area contributed by atoms with Crippen LogP contribution < -0.4 is 0 Å². The molecule has 0 aromatic carbocycles. The Bertz CT molecular complexity index is 1450. The lowest BCUT2D eigenvalue weighted by Crippen LogP contribution is -2.56. The average molecular weight is 982 g/mol. The van der Waals surface area contributed by atoms with Crippen molar-refractivity contribution >= 4 is 29.8 Å². The fraction of sp³-hybridized carbons (Fsp3) is 0.907. The lowest BCUT2D eigenvalue weighted by Gasteiger charge is -2.38. The summed E-state index contributed by atoms with van der Waals surface area (Å²) >= 11 is 0. The van der Waals surface area contributed by atoms with Gasteiger partial charge in [-0.05, 0) is 148 Å². The van der Waals surface area contributed by atoms with Gasteiger partial charge in [-0.2, -0.15) is 0 Å². The molecule has 402 valence electrons. The molecule has 0 radical (unpaired) electrons. The Morgan fingerprint density at radius 2 is 0.739 bits per heavy atom. The van der Waals surface area contributed by atoms with E-state index in [4.69, 9.17) is 33.2 Å². The topological polar surface area (TPSA) is 160 Å². The van der Waals surface area contributed by atoms with E-state index in [0.29, 0.717) is 37.9 Å². The minimum atomic E-state index is -0.987. The van der Waals surface area contributed by atoms with Crippen molar-refractivity contribution in [2.45, 2.75) is 240 Å². The van der Waals surface area contributed by atoms with Gasteiger partial charge in [0.1, 0.15) is 46.1 Å². The number of carbonyl (C=O) groups is 5. The second-order valence-electron chi connectivity index (χ2n) is 24.5. The Morgan fingerprint density at radius 1 is 0.435 bits per heavy atom. The first kappa shape index (κ1) is 62.3. The molecule has 15 heteroatoms. The van der Waals surface area contributed by atoms with Crippen molar-refractivity contribution in [3.05, 3.63) is 0 Å². The number of esters is 5. The summed E-state index contributed by atoms with van der Waals surface area (Å²) in [6.45, 7) is 30.2. The van der Waals surface area contributed by atoms with Gasteiger partial charge in [-0.25, -0.2) is 0 Å². The SMILES string of the molecule is CCCC[C@@H](C(=O)OC(C)(C)C)N(CCN(CC(=O)OC(C)(C)C)[C@@H](COCC1CCCCC1)C(=O)OC(C)(C)C)CCN(CC(=O)OC(C)(C)C)[C@@H](COCC1CCCCC1)C(=O)OC(C)(C)C. The predicted octanol–water partition coefficient (Wildman–Crippen LogP) is 9.09. The molecule has 0 N–H and O–H groups in total. The van der Waals surface area contributed by atoms with Crippen LogP contribution in [-0.2, 0) is 57.1 Å². The third-order valence-electron chi connectivity index (χ3n) is 11.8. The summed E-state index contributed by atoms with van der Waals surface area (Å²) in [5.41, 5.74) is -4.04. The van der Waals surface area contributed by atoms with Crippen molar-refractivity contribution in [2.24, 2.45) is 11.8 Å². The zero-order chi connectivity index (χ0) is 52.2. The molecular weight excluding hydrogens is 883 g/mol. The first-order valence-corrected chi connectivity index (χ1v) is 26.3. The number of carbonyl (C=O) groups excluding carboxylic acids is 5. The van der Waals surface area contributed by atoms with Crippen LogP contribution >= 0.6 is 0 Å². The molecular formula is C54H99N3O12. The van der Waals surface area contributed by atoms with Crippen LogP contribution in [-0.4, -0.2) is 156 Å². The first-order chi connectivity index (χ1) is 31.8. The van der Waals surface area contributed by atoms with Crippen LogP contribution in [0.5, 0.6) is 0 Å². The van der Waals surface area contributed by atoms with Gasteiger partial charge in [-0.1, -0.05) is 58.3 Å². The van der Waals surface area contributed by atoms with Gasteiger partial charge < -0.3 is 33.2 Å². The standard InChI is InChI=1S/C54H99N3O12/c1-17-18-29-42(47(60)67-52(8,9)10)55(30-32-56(34-45(58)65-50(2,3)4)43(48(61)68-53(11,12)13)38-63-36-40-25-21-19-22-26-40)31-33-57(35-46(59)66-51(5,6)7)44(49(62)69-54(14,15)16)39-64-37-41-27-23-20-24-28-41/h40-44H,17-39H2,1-16H3/t42-,43-,44-/m0/s1. The molecule has 69 heavy (non-hydrogen) atoms. The molecule has 0 aromatic heterocycles. The number of nitrogens with zero attached hydrogens (tertiary/aromatic N) is 3. The normalized spacial score (nSPS) is 17.4. The summed E-state index contributed by atoms with van der Waals surface area (Å²) in [4.78, 5) is 76.0. The van der Waals surface area contributed by atoms with E-state index in [0.717, 1.165) is 57.8 Å². The van der Waals surface area contributed by atoms with Crippen molar-refractivity contribution in [2.75, 3.05) is 65.7 Å². The summed E-state index contributed by atoms with van der Waals surface area (Å²) in [6, 6.07) is -2.74. The quantitative estimate of drug-likeness (QED) is 0.0566. The molecule has 2 rings (SSSR count). The van der Waals surface area contributed by atoms with Crippen LogP contribution in [0.4, 0.5) is 0 Å². The highest BCUT2D eigenvalue weighted by Gasteiger charge is 2.38. The molecule has 2 aliphatic rings.